The number of hydrogen-bond acceptors (Lipinski definition) is 3. The second-order valence-electron chi connectivity index (χ2n) is 3.05. The monoisotopic (exact) mass is 160 g/mol. The van der Waals surface area contributed by atoms with Crippen LogP contribution in [0.2, 0.25) is 0 Å². The third-order valence-corrected chi connectivity index (χ3v) is 2.01. The van der Waals surface area contributed by atoms with Crippen LogP contribution in [0.15, 0.2) is 0 Å². The number of carboxylic acid groups (broad SMARTS) is 1. The summed E-state index contributed by atoms with van der Waals surface area (Å²) in [5.74, 6) is -1.50. The fourth-order valence-corrected chi connectivity index (χ4v) is 1.46. The summed E-state index contributed by atoms with van der Waals surface area (Å²) in [4.78, 5) is 10.4. The smallest absolute Gasteiger partial charge is 0.306 e. The minimum atomic E-state index is -0.928. The van der Waals surface area contributed by atoms with Crippen LogP contribution in [0, 0.1) is 5.92 Å². The largest absolute Gasteiger partial charge is 0.481 e. The van der Waals surface area contributed by atoms with E-state index in [1.807, 2.05) is 0 Å². The van der Waals surface area contributed by atoms with Crippen molar-refractivity contribution in [2.75, 3.05) is 0 Å². The summed E-state index contributed by atoms with van der Waals surface area (Å²) in [6, 6.07) is 0. The Balaban J connectivity index is 2.49. The number of carboxylic acids is 1. The molecule has 64 valence electrons. The molecule has 3 N–H and O–H groups in total. The van der Waals surface area contributed by atoms with Crippen molar-refractivity contribution in [1.82, 2.24) is 0 Å². The van der Waals surface area contributed by atoms with Crippen molar-refractivity contribution in [2.45, 2.75) is 31.5 Å². The average molecular weight is 160 g/mol. The number of aliphatic carboxylic acids is 1. The summed E-state index contributed by atoms with van der Waals surface area (Å²) in [5, 5.41) is 26.7. The van der Waals surface area contributed by atoms with Gasteiger partial charge in [0, 0.05) is 0 Å². The van der Waals surface area contributed by atoms with E-state index in [0.717, 1.165) is 0 Å². The van der Waals surface area contributed by atoms with E-state index in [1.165, 1.54) is 0 Å². The van der Waals surface area contributed by atoms with E-state index < -0.39 is 24.1 Å². The van der Waals surface area contributed by atoms with Crippen molar-refractivity contribution in [1.29, 1.82) is 0 Å². The van der Waals surface area contributed by atoms with Gasteiger partial charge in [0.05, 0.1) is 18.1 Å². The lowest BCUT2D eigenvalue weighted by molar-refractivity contribution is -0.146. The molecule has 11 heavy (non-hydrogen) atoms. The maximum absolute atomic E-state index is 10.4. The molecular formula is C7H12O4. The van der Waals surface area contributed by atoms with Crippen molar-refractivity contribution in [3.63, 3.8) is 0 Å². The molecule has 0 spiro atoms. The molecule has 1 aliphatic carbocycles. The molecule has 1 unspecified atom stereocenters. The van der Waals surface area contributed by atoms with Crippen LogP contribution in [0.3, 0.4) is 0 Å². The molecule has 0 radical (unpaired) electrons. The highest BCUT2D eigenvalue weighted by molar-refractivity contribution is 5.70. The van der Waals surface area contributed by atoms with E-state index in [9.17, 15) is 4.79 Å². The van der Waals surface area contributed by atoms with Gasteiger partial charge < -0.3 is 15.3 Å². The summed E-state index contributed by atoms with van der Waals surface area (Å²) >= 11 is 0. The van der Waals surface area contributed by atoms with Gasteiger partial charge in [0.15, 0.2) is 0 Å². The second kappa shape index (κ2) is 3.19. The Labute approximate surface area is 64.5 Å². The van der Waals surface area contributed by atoms with E-state index in [1.54, 1.807) is 0 Å². The molecule has 4 heteroatoms. The van der Waals surface area contributed by atoms with Gasteiger partial charge in [-0.25, -0.2) is 0 Å². The SMILES string of the molecule is O=C(O)C1C[C@@H](O)C[C@@H](O)C1. The molecule has 4 nitrogen and oxygen atoms in total. The van der Waals surface area contributed by atoms with Crippen LogP contribution in [-0.4, -0.2) is 33.5 Å². The molecular weight excluding hydrogens is 148 g/mol. The fourth-order valence-electron chi connectivity index (χ4n) is 1.46. The first-order valence-electron chi connectivity index (χ1n) is 3.68. The summed E-state index contributed by atoms with van der Waals surface area (Å²) in [6.45, 7) is 0. The summed E-state index contributed by atoms with van der Waals surface area (Å²) in [5.41, 5.74) is 0. The molecule has 0 amide bonds. The van der Waals surface area contributed by atoms with E-state index in [4.69, 9.17) is 15.3 Å². The lowest BCUT2D eigenvalue weighted by atomic mass is 9.85. The molecule has 1 rings (SSSR count). The highest BCUT2D eigenvalue weighted by Gasteiger charge is 2.30. The topological polar surface area (TPSA) is 77.8 Å². The van der Waals surface area contributed by atoms with Gasteiger partial charge in [0.1, 0.15) is 0 Å². The maximum atomic E-state index is 10.4. The molecule has 3 atom stereocenters. The van der Waals surface area contributed by atoms with Crippen LogP contribution in [0.4, 0.5) is 0 Å². The summed E-state index contributed by atoms with van der Waals surface area (Å²) in [7, 11) is 0. The Morgan fingerprint density at radius 2 is 1.55 bits per heavy atom. The predicted molar refractivity (Wildman–Crippen MR) is 37.0 cm³/mol. The Kier molecular flexibility index (Phi) is 2.46. The minimum absolute atomic E-state index is 0.270. The van der Waals surface area contributed by atoms with Gasteiger partial charge in [-0.15, -0.1) is 0 Å². The third-order valence-electron chi connectivity index (χ3n) is 2.01. The summed E-state index contributed by atoms with van der Waals surface area (Å²) in [6.07, 6.45) is -0.456. The summed E-state index contributed by atoms with van der Waals surface area (Å²) < 4.78 is 0. The van der Waals surface area contributed by atoms with Crippen LogP contribution in [0.1, 0.15) is 19.3 Å². The molecule has 1 aliphatic rings. The lowest BCUT2D eigenvalue weighted by Gasteiger charge is -2.26. The average Bonchev–Trinajstić information content (AvgIpc) is 1.85. The van der Waals surface area contributed by atoms with Crippen LogP contribution >= 0.6 is 0 Å². The maximum Gasteiger partial charge on any atom is 0.306 e. The highest BCUT2D eigenvalue weighted by Crippen LogP contribution is 2.24. The van der Waals surface area contributed by atoms with Crippen molar-refractivity contribution in [2.24, 2.45) is 5.92 Å². The van der Waals surface area contributed by atoms with Crippen molar-refractivity contribution >= 4 is 5.97 Å². The Morgan fingerprint density at radius 1 is 1.09 bits per heavy atom. The number of aliphatic hydroxyl groups is 2. The van der Waals surface area contributed by atoms with Crippen molar-refractivity contribution < 1.29 is 20.1 Å². The molecule has 0 aromatic heterocycles. The van der Waals surface area contributed by atoms with Crippen LogP contribution in [0.25, 0.3) is 0 Å². The normalized spacial score (nSPS) is 38.5. The van der Waals surface area contributed by atoms with E-state index in [0.29, 0.717) is 6.42 Å². The Bertz CT molecular complexity index is 147. The molecule has 0 saturated heterocycles. The van der Waals surface area contributed by atoms with Gasteiger partial charge in [-0.3, -0.25) is 4.79 Å². The first-order chi connectivity index (χ1) is 5.09. The molecule has 0 aromatic rings. The standard InChI is InChI=1S/C7H12O4/c8-5-1-4(7(10)11)2-6(9)3-5/h4-6,8-9H,1-3H2,(H,10,11)/t4?,5-,6+. The Hall–Kier alpha value is -0.610. The molecule has 0 aromatic carbocycles. The molecule has 0 heterocycles. The van der Waals surface area contributed by atoms with Gasteiger partial charge in [-0.05, 0) is 19.3 Å². The van der Waals surface area contributed by atoms with Gasteiger partial charge in [-0.1, -0.05) is 0 Å². The van der Waals surface area contributed by atoms with Gasteiger partial charge >= 0.3 is 5.97 Å². The molecule has 1 fully saturated rings. The third kappa shape index (κ3) is 2.17. The van der Waals surface area contributed by atoms with Crippen LogP contribution < -0.4 is 0 Å². The van der Waals surface area contributed by atoms with E-state index in [-0.39, 0.29) is 12.8 Å². The predicted octanol–water partition coefficient (Wildman–Crippen LogP) is -0.407. The fraction of sp³-hybridized carbons (Fsp3) is 0.857. The Morgan fingerprint density at radius 3 is 1.91 bits per heavy atom. The van der Waals surface area contributed by atoms with Crippen molar-refractivity contribution in [3.8, 4) is 0 Å². The van der Waals surface area contributed by atoms with Gasteiger partial charge in [-0.2, -0.15) is 0 Å². The number of rotatable bonds is 1. The molecule has 1 saturated carbocycles. The van der Waals surface area contributed by atoms with E-state index in [2.05, 4.69) is 0 Å². The second-order valence-corrected chi connectivity index (χ2v) is 3.05. The van der Waals surface area contributed by atoms with Crippen LogP contribution in [-0.2, 0) is 4.79 Å². The van der Waals surface area contributed by atoms with Gasteiger partial charge in [0.25, 0.3) is 0 Å². The molecule has 0 aliphatic heterocycles. The highest BCUT2D eigenvalue weighted by atomic mass is 16.4. The zero-order valence-corrected chi connectivity index (χ0v) is 6.10. The minimum Gasteiger partial charge on any atom is -0.481 e. The van der Waals surface area contributed by atoms with Gasteiger partial charge in [0.2, 0.25) is 0 Å². The van der Waals surface area contributed by atoms with Crippen molar-refractivity contribution in [3.05, 3.63) is 0 Å². The van der Waals surface area contributed by atoms with E-state index >= 15 is 0 Å². The number of carbonyl (C=O) groups is 1. The first-order valence-corrected chi connectivity index (χ1v) is 3.68. The molecule has 0 bridgehead atoms. The number of aliphatic hydroxyl groups excluding tert-OH is 2. The first kappa shape index (κ1) is 8.49. The zero-order chi connectivity index (χ0) is 8.43. The quantitative estimate of drug-likeness (QED) is 0.487. The lowest BCUT2D eigenvalue weighted by Crippen LogP contribution is -2.33. The van der Waals surface area contributed by atoms with Crippen LogP contribution in [0.5, 0.6) is 0 Å². The zero-order valence-electron chi connectivity index (χ0n) is 6.10. The number of hydrogen-bond donors (Lipinski definition) is 3.